The molecule has 1 aliphatic rings. The summed E-state index contributed by atoms with van der Waals surface area (Å²) in [6, 6.07) is 14.9. The highest BCUT2D eigenvalue weighted by Gasteiger charge is 2.36. The summed E-state index contributed by atoms with van der Waals surface area (Å²) in [6.07, 6.45) is 5.74. The standard InChI is InChI=1S/C21H20N4O2/c26-20(17-7-4-11-23-19(17)18-8-12-22-15-24-18)25-13-9-21(27,10-14-25)16-5-2-1-3-6-16/h1-8,11-12,15,27H,9-10,13-14H2. The van der Waals surface area contributed by atoms with Crippen molar-refractivity contribution in [3.63, 3.8) is 0 Å². The molecule has 0 unspecified atom stereocenters. The van der Waals surface area contributed by atoms with Crippen LogP contribution in [0, 0.1) is 0 Å². The second-order valence-electron chi connectivity index (χ2n) is 6.68. The Morgan fingerprint density at radius 1 is 0.963 bits per heavy atom. The van der Waals surface area contributed by atoms with Crippen LogP contribution in [0.25, 0.3) is 11.4 Å². The fraction of sp³-hybridized carbons (Fsp3) is 0.238. The molecule has 1 aromatic carbocycles. The maximum atomic E-state index is 13.1. The molecule has 1 N–H and O–H groups in total. The Labute approximate surface area is 157 Å². The number of hydrogen-bond acceptors (Lipinski definition) is 5. The minimum Gasteiger partial charge on any atom is -0.385 e. The molecule has 2 aromatic heterocycles. The van der Waals surface area contributed by atoms with Crippen LogP contribution in [0.2, 0.25) is 0 Å². The van der Waals surface area contributed by atoms with E-state index in [0.29, 0.717) is 42.9 Å². The van der Waals surface area contributed by atoms with Gasteiger partial charge in [-0.25, -0.2) is 9.97 Å². The molecule has 0 saturated carbocycles. The lowest BCUT2D eigenvalue weighted by Crippen LogP contribution is -2.45. The van der Waals surface area contributed by atoms with Crippen LogP contribution in [0.5, 0.6) is 0 Å². The molecule has 1 saturated heterocycles. The van der Waals surface area contributed by atoms with Gasteiger partial charge >= 0.3 is 0 Å². The third-order valence-electron chi connectivity index (χ3n) is 5.05. The van der Waals surface area contributed by atoms with Crippen LogP contribution in [-0.2, 0) is 5.60 Å². The first kappa shape index (κ1) is 17.3. The molecule has 6 nitrogen and oxygen atoms in total. The number of pyridine rings is 1. The Balaban J connectivity index is 1.54. The van der Waals surface area contributed by atoms with Crippen LogP contribution in [-0.4, -0.2) is 44.0 Å². The van der Waals surface area contributed by atoms with Gasteiger partial charge in [0.05, 0.1) is 16.9 Å². The van der Waals surface area contributed by atoms with Crippen LogP contribution >= 0.6 is 0 Å². The number of aromatic nitrogens is 3. The van der Waals surface area contributed by atoms with Gasteiger partial charge in [-0.3, -0.25) is 9.78 Å². The number of carbonyl (C=O) groups is 1. The molecule has 4 rings (SSSR count). The molecule has 1 fully saturated rings. The van der Waals surface area contributed by atoms with E-state index in [4.69, 9.17) is 0 Å². The van der Waals surface area contributed by atoms with E-state index in [-0.39, 0.29) is 5.91 Å². The number of rotatable bonds is 3. The van der Waals surface area contributed by atoms with Crippen molar-refractivity contribution in [1.82, 2.24) is 19.9 Å². The lowest BCUT2D eigenvalue weighted by Gasteiger charge is -2.38. The molecule has 0 aliphatic carbocycles. The highest BCUT2D eigenvalue weighted by atomic mass is 16.3. The summed E-state index contributed by atoms with van der Waals surface area (Å²) < 4.78 is 0. The van der Waals surface area contributed by atoms with Crippen molar-refractivity contribution in [2.24, 2.45) is 0 Å². The van der Waals surface area contributed by atoms with Gasteiger partial charge in [-0.1, -0.05) is 30.3 Å². The van der Waals surface area contributed by atoms with Crippen molar-refractivity contribution in [3.8, 4) is 11.4 Å². The zero-order chi connectivity index (χ0) is 18.7. The summed E-state index contributed by atoms with van der Waals surface area (Å²) in [7, 11) is 0. The number of aliphatic hydroxyl groups is 1. The molecule has 0 atom stereocenters. The predicted octanol–water partition coefficient (Wildman–Crippen LogP) is 2.66. The smallest absolute Gasteiger partial charge is 0.256 e. The van der Waals surface area contributed by atoms with Crippen LogP contribution in [0.3, 0.4) is 0 Å². The average Bonchev–Trinajstić information content (AvgIpc) is 2.75. The van der Waals surface area contributed by atoms with Gasteiger partial charge in [-0.05, 0) is 36.6 Å². The van der Waals surface area contributed by atoms with E-state index in [9.17, 15) is 9.90 Å². The van der Waals surface area contributed by atoms with E-state index in [2.05, 4.69) is 15.0 Å². The van der Waals surface area contributed by atoms with E-state index < -0.39 is 5.60 Å². The Bertz CT molecular complexity index is 923. The second kappa shape index (κ2) is 7.25. The molecule has 3 heterocycles. The van der Waals surface area contributed by atoms with Crippen LogP contribution in [0.4, 0.5) is 0 Å². The number of piperidine rings is 1. The Hall–Kier alpha value is -3.12. The molecule has 1 amide bonds. The largest absolute Gasteiger partial charge is 0.385 e. The van der Waals surface area contributed by atoms with E-state index in [1.54, 1.807) is 35.5 Å². The summed E-state index contributed by atoms with van der Waals surface area (Å²) in [6.45, 7) is 0.977. The van der Waals surface area contributed by atoms with E-state index >= 15 is 0 Å². The molecule has 3 aromatic rings. The zero-order valence-corrected chi connectivity index (χ0v) is 14.8. The Kier molecular flexibility index (Phi) is 4.64. The topological polar surface area (TPSA) is 79.2 Å². The van der Waals surface area contributed by atoms with Crippen molar-refractivity contribution in [1.29, 1.82) is 0 Å². The number of amides is 1. The van der Waals surface area contributed by atoms with Gasteiger partial charge in [-0.2, -0.15) is 0 Å². The van der Waals surface area contributed by atoms with Gasteiger partial charge in [0.1, 0.15) is 12.0 Å². The fourth-order valence-corrected chi connectivity index (χ4v) is 3.50. The molecule has 0 spiro atoms. The van der Waals surface area contributed by atoms with Crippen molar-refractivity contribution in [2.45, 2.75) is 18.4 Å². The highest BCUT2D eigenvalue weighted by molar-refractivity contribution is 5.99. The SMILES string of the molecule is O=C(c1cccnc1-c1ccncn1)N1CCC(O)(c2ccccc2)CC1. The van der Waals surface area contributed by atoms with Gasteiger partial charge in [0.15, 0.2) is 0 Å². The van der Waals surface area contributed by atoms with Crippen LogP contribution in [0.15, 0.2) is 67.3 Å². The van der Waals surface area contributed by atoms with Gasteiger partial charge in [0.25, 0.3) is 5.91 Å². The minimum absolute atomic E-state index is 0.0909. The highest BCUT2D eigenvalue weighted by Crippen LogP contribution is 2.33. The van der Waals surface area contributed by atoms with Gasteiger partial charge < -0.3 is 10.0 Å². The van der Waals surface area contributed by atoms with Gasteiger partial charge in [0, 0.05) is 25.5 Å². The van der Waals surface area contributed by atoms with Crippen molar-refractivity contribution < 1.29 is 9.90 Å². The molecule has 136 valence electrons. The number of carbonyl (C=O) groups excluding carboxylic acids is 1. The molecular weight excluding hydrogens is 340 g/mol. The maximum Gasteiger partial charge on any atom is 0.256 e. The third-order valence-corrected chi connectivity index (χ3v) is 5.05. The van der Waals surface area contributed by atoms with E-state index in [1.165, 1.54) is 6.33 Å². The van der Waals surface area contributed by atoms with Crippen molar-refractivity contribution in [2.75, 3.05) is 13.1 Å². The quantitative estimate of drug-likeness (QED) is 0.777. The first-order chi connectivity index (χ1) is 13.2. The van der Waals surface area contributed by atoms with E-state index in [0.717, 1.165) is 5.56 Å². The molecular formula is C21H20N4O2. The predicted molar refractivity (Wildman–Crippen MR) is 101 cm³/mol. The summed E-state index contributed by atoms with van der Waals surface area (Å²) in [5.74, 6) is -0.0909. The summed E-state index contributed by atoms with van der Waals surface area (Å²) in [5, 5.41) is 11.0. The number of likely N-dealkylation sites (tertiary alicyclic amines) is 1. The summed E-state index contributed by atoms with van der Waals surface area (Å²) in [5.41, 5.74) is 1.70. The number of benzene rings is 1. The number of hydrogen-bond donors (Lipinski definition) is 1. The fourth-order valence-electron chi connectivity index (χ4n) is 3.50. The molecule has 27 heavy (non-hydrogen) atoms. The van der Waals surface area contributed by atoms with Crippen LogP contribution < -0.4 is 0 Å². The van der Waals surface area contributed by atoms with Crippen molar-refractivity contribution in [3.05, 3.63) is 78.4 Å². The molecule has 6 heteroatoms. The Morgan fingerprint density at radius 2 is 1.74 bits per heavy atom. The lowest BCUT2D eigenvalue weighted by atomic mass is 9.84. The summed E-state index contributed by atoms with van der Waals surface area (Å²) >= 11 is 0. The average molecular weight is 360 g/mol. The Morgan fingerprint density at radius 3 is 2.44 bits per heavy atom. The lowest BCUT2D eigenvalue weighted by molar-refractivity contribution is -0.0211. The number of nitrogens with zero attached hydrogens (tertiary/aromatic N) is 4. The van der Waals surface area contributed by atoms with Crippen LogP contribution in [0.1, 0.15) is 28.8 Å². The summed E-state index contributed by atoms with van der Waals surface area (Å²) in [4.78, 5) is 27.4. The maximum absolute atomic E-state index is 13.1. The normalized spacial score (nSPS) is 16.1. The van der Waals surface area contributed by atoms with Crippen molar-refractivity contribution >= 4 is 5.91 Å². The zero-order valence-electron chi connectivity index (χ0n) is 14.8. The monoisotopic (exact) mass is 360 g/mol. The first-order valence-corrected chi connectivity index (χ1v) is 8.96. The van der Waals surface area contributed by atoms with Gasteiger partial charge in [0.2, 0.25) is 0 Å². The second-order valence-corrected chi connectivity index (χ2v) is 6.68. The first-order valence-electron chi connectivity index (χ1n) is 8.96. The van der Waals surface area contributed by atoms with E-state index in [1.807, 2.05) is 30.3 Å². The van der Waals surface area contributed by atoms with Gasteiger partial charge in [-0.15, -0.1) is 0 Å². The molecule has 1 aliphatic heterocycles. The minimum atomic E-state index is -0.886. The molecule has 0 bridgehead atoms. The third kappa shape index (κ3) is 3.44. The molecule has 0 radical (unpaired) electrons.